The lowest BCUT2D eigenvalue weighted by molar-refractivity contribution is 0.0652. The predicted octanol–water partition coefficient (Wildman–Crippen LogP) is 2.13. The minimum Gasteiger partial charge on any atom is -0.497 e. The lowest BCUT2D eigenvalue weighted by Gasteiger charge is -2.13. The van der Waals surface area contributed by atoms with Gasteiger partial charge in [0.25, 0.3) is 17.7 Å². The van der Waals surface area contributed by atoms with Gasteiger partial charge in [0.05, 0.1) is 34.4 Å². The summed E-state index contributed by atoms with van der Waals surface area (Å²) in [6, 6.07) is 14.0. The van der Waals surface area contributed by atoms with Crippen molar-refractivity contribution in [1.82, 2.24) is 4.90 Å². The quantitative estimate of drug-likeness (QED) is 0.377. The largest absolute Gasteiger partial charge is 0.497 e. The summed E-state index contributed by atoms with van der Waals surface area (Å²) in [4.78, 5) is 51.1. The first-order valence-electron chi connectivity index (χ1n) is 10.8. The fourth-order valence-corrected chi connectivity index (χ4v) is 4.37. The van der Waals surface area contributed by atoms with E-state index in [1.54, 1.807) is 12.1 Å². The molecule has 1 heterocycles. The van der Waals surface area contributed by atoms with Crippen molar-refractivity contribution in [2.75, 3.05) is 19.0 Å². The molecule has 11 nitrogen and oxygen atoms in total. The molecule has 1 aliphatic rings. The van der Waals surface area contributed by atoms with E-state index in [0.29, 0.717) is 11.3 Å². The molecule has 0 bridgehead atoms. The number of carbonyl (C=O) groups is 4. The van der Waals surface area contributed by atoms with Crippen LogP contribution in [0.2, 0.25) is 0 Å². The van der Waals surface area contributed by atoms with Crippen molar-refractivity contribution in [2.24, 2.45) is 5.14 Å². The first-order valence-corrected chi connectivity index (χ1v) is 12.4. The van der Waals surface area contributed by atoms with Crippen LogP contribution in [-0.2, 0) is 16.4 Å². The van der Waals surface area contributed by atoms with Crippen LogP contribution in [0.3, 0.4) is 0 Å². The predicted molar refractivity (Wildman–Crippen MR) is 131 cm³/mol. The Bertz CT molecular complexity index is 1550. The Balaban J connectivity index is 1.49. The maximum absolute atomic E-state index is 12.9. The number of ether oxygens (including phenoxy) is 1. The van der Waals surface area contributed by atoms with Crippen LogP contribution in [0.5, 0.6) is 5.75 Å². The number of amides is 3. The van der Waals surface area contributed by atoms with Gasteiger partial charge in [0, 0.05) is 12.1 Å². The highest BCUT2D eigenvalue weighted by Crippen LogP contribution is 2.26. The number of sulfonamides is 1. The number of fused-ring (bicyclic) bond motifs is 1. The van der Waals surface area contributed by atoms with E-state index in [1.807, 2.05) is 0 Å². The maximum Gasteiger partial charge on any atom is 0.337 e. The molecule has 3 aromatic carbocycles. The van der Waals surface area contributed by atoms with Gasteiger partial charge in [-0.3, -0.25) is 19.3 Å². The van der Waals surface area contributed by atoms with Crippen molar-refractivity contribution >= 4 is 39.4 Å². The van der Waals surface area contributed by atoms with Crippen LogP contribution in [0, 0.1) is 0 Å². The van der Waals surface area contributed by atoms with Gasteiger partial charge in [-0.1, -0.05) is 12.1 Å². The Morgan fingerprint density at radius 2 is 1.65 bits per heavy atom. The van der Waals surface area contributed by atoms with Gasteiger partial charge in [-0.05, 0) is 60.5 Å². The molecule has 3 aromatic rings. The number of methoxy groups -OCH3 is 1. The molecule has 0 unspecified atom stereocenters. The van der Waals surface area contributed by atoms with Crippen LogP contribution >= 0.6 is 0 Å². The number of hydrogen-bond donors (Lipinski definition) is 3. The summed E-state index contributed by atoms with van der Waals surface area (Å²) in [5, 5.41) is 17.0. The number of carbonyl (C=O) groups excluding carboxylic acids is 3. The summed E-state index contributed by atoms with van der Waals surface area (Å²) in [6.45, 7) is 0.0381. The van der Waals surface area contributed by atoms with Crippen molar-refractivity contribution in [2.45, 2.75) is 11.3 Å². The third-order valence-electron chi connectivity index (χ3n) is 5.81. The molecule has 12 heteroatoms. The summed E-state index contributed by atoms with van der Waals surface area (Å²) in [5.74, 6) is -2.72. The van der Waals surface area contributed by atoms with Crippen molar-refractivity contribution in [3.05, 3.63) is 88.5 Å². The highest BCUT2D eigenvalue weighted by atomic mass is 32.2. The van der Waals surface area contributed by atoms with Crippen molar-refractivity contribution in [3.8, 4) is 5.75 Å². The molecule has 4 N–H and O–H groups in total. The molecule has 0 fully saturated rings. The van der Waals surface area contributed by atoms with Crippen LogP contribution < -0.4 is 15.2 Å². The Labute approximate surface area is 211 Å². The lowest BCUT2D eigenvalue weighted by atomic mass is 10.0. The van der Waals surface area contributed by atoms with Gasteiger partial charge in [0.15, 0.2) is 0 Å². The van der Waals surface area contributed by atoms with Crippen molar-refractivity contribution in [3.63, 3.8) is 0 Å². The molecule has 0 aliphatic carbocycles. The third kappa shape index (κ3) is 5.20. The number of carboxylic acid groups (broad SMARTS) is 1. The molecule has 37 heavy (non-hydrogen) atoms. The van der Waals surface area contributed by atoms with Gasteiger partial charge in [0.2, 0.25) is 10.0 Å². The van der Waals surface area contributed by atoms with E-state index in [-0.39, 0.29) is 45.8 Å². The average Bonchev–Trinajstić information content (AvgIpc) is 3.11. The number of nitrogens with zero attached hydrogens (tertiary/aromatic N) is 1. The summed E-state index contributed by atoms with van der Waals surface area (Å²) in [6.07, 6.45) is 0.277. The highest BCUT2D eigenvalue weighted by Gasteiger charge is 2.35. The van der Waals surface area contributed by atoms with Gasteiger partial charge >= 0.3 is 5.97 Å². The zero-order valence-corrected chi connectivity index (χ0v) is 20.2. The monoisotopic (exact) mass is 523 g/mol. The van der Waals surface area contributed by atoms with Crippen LogP contribution in [0.25, 0.3) is 0 Å². The van der Waals surface area contributed by atoms with Gasteiger partial charge in [-0.2, -0.15) is 0 Å². The number of benzene rings is 3. The molecule has 4 rings (SSSR count). The summed E-state index contributed by atoms with van der Waals surface area (Å²) >= 11 is 0. The second-order valence-corrected chi connectivity index (χ2v) is 9.69. The van der Waals surface area contributed by atoms with Gasteiger partial charge < -0.3 is 15.2 Å². The van der Waals surface area contributed by atoms with E-state index >= 15 is 0 Å². The van der Waals surface area contributed by atoms with Crippen LogP contribution in [0.4, 0.5) is 5.69 Å². The van der Waals surface area contributed by atoms with Gasteiger partial charge in [0.1, 0.15) is 5.75 Å². The number of carboxylic acids is 1. The summed E-state index contributed by atoms with van der Waals surface area (Å²) < 4.78 is 27.8. The second kappa shape index (κ2) is 9.84. The minimum atomic E-state index is -3.83. The molecule has 0 saturated carbocycles. The summed E-state index contributed by atoms with van der Waals surface area (Å²) in [7, 11) is -2.45. The van der Waals surface area contributed by atoms with E-state index in [9.17, 15) is 32.7 Å². The molecular formula is C25H21N3O8S. The smallest absolute Gasteiger partial charge is 0.337 e. The summed E-state index contributed by atoms with van der Waals surface area (Å²) in [5.41, 5.74) is 0.808. The van der Waals surface area contributed by atoms with E-state index in [0.717, 1.165) is 4.90 Å². The Morgan fingerprint density at radius 3 is 2.27 bits per heavy atom. The molecule has 1 aliphatic heterocycles. The average molecular weight is 524 g/mol. The lowest BCUT2D eigenvalue weighted by Crippen LogP contribution is -2.31. The number of nitrogens with two attached hydrogens (primary N) is 1. The van der Waals surface area contributed by atoms with E-state index in [4.69, 9.17) is 9.88 Å². The molecule has 0 radical (unpaired) electrons. The minimum absolute atomic E-state index is 0.0381. The van der Waals surface area contributed by atoms with Gasteiger partial charge in [-0.25, -0.2) is 18.4 Å². The first kappa shape index (κ1) is 25.5. The number of anilines is 1. The first-order chi connectivity index (χ1) is 17.5. The third-order valence-corrected chi connectivity index (χ3v) is 6.74. The van der Waals surface area contributed by atoms with Crippen LogP contribution in [-0.4, -0.2) is 55.8 Å². The van der Waals surface area contributed by atoms with Crippen LogP contribution in [0.15, 0.2) is 65.6 Å². The number of aromatic carboxylic acids is 1. The Kier molecular flexibility index (Phi) is 6.79. The number of imide groups is 1. The zero-order valence-electron chi connectivity index (χ0n) is 19.4. The molecule has 3 amide bonds. The Morgan fingerprint density at radius 1 is 0.973 bits per heavy atom. The van der Waals surface area contributed by atoms with E-state index < -0.39 is 33.7 Å². The molecule has 0 spiro atoms. The molecule has 0 saturated heterocycles. The topological polar surface area (TPSA) is 173 Å². The van der Waals surface area contributed by atoms with E-state index in [2.05, 4.69) is 5.32 Å². The Hall–Kier alpha value is -4.55. The zero-order chi connectivity index (χ0) is 26.9. The maximum atomic E-state index is 12.9. The molecule has 0 atom stereocenters. The molecular weight excluding hydrogens is 502 g/mol. The fourth-order valence-electron chi connectivity index (χ4n) is 3.85. The highest BCUT2D eigenvalue weighted by molar-refractivity contribution is 7.89. The van der Waals surface area contributed by atoms with Crippen LogP contribution in [0.1, 0.15) is 47.0 Å². The van der Waals surface area contributed by atoms with Gasteiger partial charge in [-0.15, -0.1) is 0 Å². The van der Waals surface area contributed by atoms with Crippen molar-refractivity contribution < 1.29 is 37.4 Å². The number of nitrogens with one attached hydrogen (secondary N) is 1. The number of hydrogen-bond acceptors (Lipinski definition) is 7. The number of primary sulfonamides is 1. The number of rotatable bonds is 8. The fraction of sp³-hybridized carbons (Fsp3) is 0.120. The second-order valence-electron chi connectivity index (χ2n) is 8.13. The molecule has 0 aromatic heterocycles. The standard InChI is InChI=1S/C25H21N3O8S/c1-36-16-5-9-21(20(13-16)25(32)33)27-22(29)15-4-8-18-19(12-15)24(31)28(23(18)30)11-10-14-2-6-17(7-3-14)37(26,34)35/h2-9,12-13H,10-11H2,1H3,(H,27,29)(H,32,33)(H2,26,34,35). The normalized spacial score (nSPS) is 12.9. The van der Waals surface area contributed by atoms with E-state index in [1.165, 1.54) is 55.6 Å². The molecule has 190 valence electrons. The SMILES string of the molecule is COc1ccc(NC(=O)c2ccc3c(c2)C(=O)N(CCc2ccc(S(N)(=O)=O)cc2)C3=O)c(C(=O)O)c1. The van der Waals surface area contributed by atoms with Crippen molar-refractivity contribution in [1.29, 1.82) is 0 Å².